The number of hydrogen-bond donors (Lipinski definition) is 1. The Bertz CT molecular complexity index is 1460. The number of rotatable bonds is 15. The van der Waals surface area contributed by atoms with Crippen molar-refractivity contribution in [2.75, 3.05) is 6.61 Å². The summed E-state index contributed by atoms with van der Waals surface area (Å²) in [5.74, 6) is 0. The third-order valence-electron chi connectivity index (χ3n) is 8.80. The Labute approximate surface area is 283 Å². The average Bonchev–Trinajstić information content (AvgIpc) is 3.13. The Morgan fingerprint density at radius 3 is 1.44 bits per heavy atom. The zero-order valence-corrected chi connectivity index (χ0v) is 27.4. The first kappa shape index (κ1) is 34.4. The first-order chi connectivity index (χ1) is 23.6. The number of ether oxygens (including phenoxy) is 7. The van der Waals surface area contributed by atoms with Crippen molar-refractivity contribution in [2.24, 2.45) is 0 Å². The predicted molar refractivity (Wildman–Crippen MR) is 180 cm³/mol. The van der Waals surface area contributed by atoms with E-state index in [1.807, 2.05) is 116 Å². The van der Waals surface area contributed by atoms with Gasteiger partial charge in [0.1, 0.15) is 24.4 Å². The second kappa shape index (κ2) is 17.8. The van der Waals surface area contributed by atoms with Crippen LogP contribution in [0.2, 0.25) is 0 Å². The summed E-state index contributed by atoms with van der Waals surface area (Å²) in [5.41, 5.74) is 4.13. The van der Waals surface area contributed by atoms with Crippen LogP contribution in [0.1, 0.15) is 42.0 Å². The molecule has 4 aromatic carbocycles. The zero-order valence-electron chi connectivity index (χ0n) is 27.4. The van der Waals surface area contributed by atoms with Gasteiger partial charge in [-0.25, -0.2) is 0 Å². The van der Waals surface area contributed by atoms with Crippen molar-refractivity contribution in [2.45, 2.75) is 95.4 Å². The van der Waals surface area contributed by atoms with E-state index in [9.17, 15) is 5.11 Å². The van der Waals surface area contributed by atoms with Gasteiger partial charge in [0.25, 0.3) is 0 Å². The fourth-order valence-electron chi connectivity index (χ4n) is 6.15. The lowest BCUT2D eigenvalue weighted by Crippen LogP contribution is -2.61. The predicted octanol–water partition coefficient (Wildman–Crippen LogP) is 6.59. The molecular formula is C40H46O8. The van der Waals surface area contributed by atoms with Gasteiger partial charge in [-0.2, -0.15) is 0 Å². The van der Waals surface area contributed by atoms with Crippen LogP contribution in [0.3, 0.4) is 0 Å². The molecule has 0 bridgehead atoms. The Balaban J connectivity index is 1.14. The maximum atomic E-state index is 11.4. The van der Waals surface area contributed by atoms with Gasteiger partial charge in [-0.3, -0.25) is 0 Å². The number of hydrogen-bond acceptors (Lipinski definition) is 8. The normalized spacial score (nSPS) is 27.5. The first-order valence-electron chi connectivity index (χ1n) is 16.8. The third kappa shape index (κ3) is 9.81. The molecule has 0 aromatic heterocycles. The molecule has 254 valence electrons. The molecule has 2 aliphatic heterocycles. The summed E-state index contributed by atoms with van der Waals surface area (Å²) in [6.45, 7) is 3.62. The van der Waals surface area contributed by atoms with Crippen LogP contribution in [0.15, 0.2) is 121 Å². The van der Waals surface area contributed by atoms with E-state index in [1.54, 1.807) is 0 Å². The molecule has 0 saturated carbocycles. The summed E-state index contributed by atoms with van der Waals surface area (Å²) in [5, 5.41) is 11.4. The van der Waals surface area contributed by atoms with Gasteiger partial charge < -0.3 is 38.3 Å². The van der Waals surface area contributed by atoms with E-state index >= 15 is 0 Å². The van der Waals surface area contributed by atoms with Crippen LogP contribution in [-0.4, -0.2) is 60.9 Å². The molecule has 6 rings (SSSR count). The van der Waals surface area contributed by atoms with Gasteiger partial charge in [0.15, 0.2) is 12.6 Å². The van der Waals surface area contributed by atoms with E-state index in [1.165, 1.54) is 0 Å². The Morgan fingerprint density at radius 1 is 0.521 bits per heavy atom. The quantitative estimate of drug-likeness (QED) is 0.154. The van der Waals surface area contributed by atoms with E-state index in [-0.39, 0.29) is 25.4 Å². The maximum Gasteiger partial charge on any atom is 0.184 e. The van der Waals surface area contributed by atoms with Gasteiger partial charge >= 0.3 is 0 Å². The summed E-state index contributed by atoms with van der Waals surface area (Å²) in [7, 11) is 0. The minimum Gasteiger partial charge on any atom is -0.371 e. The molecular weight excluding hydrogens is 608 g/mol. The molecule has 0 amide bonds. The lowest BCUT2D eigenvalue weighted by molar-refractivity contribution is -0.325. The van der Waals surface area contributed by atoms with Gasteiger partial charge in [0, 0.05) is 6.42 Å². The Kier molecular flexibility index (Phi) is 12.8. The molecule has 1 N–H and O–H groups in total. The fraction of sp³-hybridized carbons (Fsp3) is 0.400. The van der Waals surface area contributed by atoms with E-state index in [0.717, 1.165) is 28.7 Å². The van der Waals surface area contributed by atoms with E-state index in [4.69, 9.17) is 33.2 Å². The molecule has 0 aliphatic carbocycles. The van der Waals surface area contributed by atoms with Gasteiger partial charge in [-0.15, -0.1) is 0 Å². The average molecular weight is 655 g/mol. The zero-order chi connectivity index (χ0) is 33.0. The molecule has 0 spiro atoms. The van der Waals surface area contributed by atoms with Crippen LogP contribution >= 0.6 is 0 Å². The Morgan fingerprint density at radius 2 is 0.958 bits per heavy atom. The third-order valence-corrected chi connectivity index (χ3v) is 8.80. The molecule has 4 aromatic rings. The molecule has 8 nitrogen and oxygen atoms in total. The lowest BCUT2D eigenvalue weighted by atomic mass is 9.98. The highest BCUT2D eigenvalue weighted by Crippen LogP contribution is 2.31. The highest BCUT2D eigenvalue weighted by Gasteiger charge is 2.48. The summed E-state index contributed by atoms with van der Waals surface area (Å²) < 4.78 is 44.4. The maximum absolute atomic E-state index is 11.4. The van der Waals surface area contributed by atoms with Gasteiger partial charge in [-0.1, -0.05) is 121 Å². The topological polar surface area (TPSA) is 84.8 Å². The van der Waals surface area contributed by atoms with Crippen molar-refractivity contribution >= 4 is 0 Å². The molecule has 2 fully saturated rings. The van der Waals surface area contributed by atoms with Crippen LogP contribution in [0.25, 0.3) is 0 Å². The number of benzene rings is 4. The highest BCUT2D eigenvalue weighted by atomic mass is 16.7. The van der Waals surface area contributed by atoms with Gasteiger partial charge in [0.05, 0.1) is 45.2 Å². The van der Waals surface area contributed by atoms with E-state index < -0.39 is 37.0 Å². The molecule has 2 heterocycles. The van der Waals surface area contributed by atoms with Crippen LogP contribution in [0.4, 0.5) is 0 Å². The summed E-state index contributed by atoms with van der Waals surface area (Å²) in [6, 6.07) is 39.9. The molecule has 8 atom stereocenters. The largest absolute Gasteiger partial charge is 0.371 e. The van der Waals surface area contributed by atoms with Crippen molar-refractivity contribution in [1.82, 2.24) is 0 Å². The molecule has 0 radical (unpaired) electrons. The van der Waals surface area contributed by atoms with Crippen LogP contribution in [0.5, 0.6) is 0 Å². The molecule has 48 heavy (non-hydrogen) atoms. The highest BCUT2D eigenvalue weighted by molar-refractivity contribution is 5.16. The number of aliphatic hydroxyl groups is 1. The minimum absolute atomic E-state index is 0.0296. The summed E-state index contributed by atoms with van der Waals surface area (Å²) >= 11 is 0. The van der Waals surface area contributed by atoms with Gasteiger partial charge in [0.2, 0.25) is 0 Å². The van der Waals surface area contributed by atoms with Crippen molar-refractivity contribution in [3.05, 3.63) is 144 Å². The SMILES string of the molecule is C[C@@H]1OC(OC[C@H]2O[C@H](O)[C@H](OCc3ccccc3)[C@@H](OCc3ccccc3)[C@@H]2OCc2ccccc2)CC[C@H]1OCc1ccccc1. The Hall–Kier alpha value is -3.44. The first-order valence-corrected chi connectivity index (χ1v) is 16.8. The standard InChI is InChI=1S/C40H46O8/c1-29-34(42-24-30-14-6-2-7-15-30)22-23-36(47-29)43-28-35-37(44-25-31-16-8-3-9-17-31)38(45-26-32-18-10-4-11-19-32)39(40(41)48-35)46-27-33-20-12-5-13-21-33/h2-21,29,34-41H,22-28H2,1H3/t29-,34+,35+,36?,37+,38-,39+,40-/m0/s1. The van der Waals surface area contributed by atoms with Crippen LogP contribution in [0, 0.1) is 0 Å². The summed E-state index contributed by atoms with van der Waals surface area (Å²) in [4.78, 5) is 0. The fourth-order valence-corrected chi connectivity index (χ4v) is 6.15. The minimum atomic E-state index is -1.26. The van der Waals surface area contributed by atoms with Crippen LogP contribution < -0.4 is 0 Å². The van der Waals surface area contributed by atoms with E-state index in [2.05, 4.69) is 12.1 Å². The molecule has 8 heteroatoms. The molecule has 2 saturated heterocycles. The smallest absolute Gasteiger partial charge is 0.184 e. The van der Waals surface area contributed by atoms with Gasteiger partial charge in [-0.05, 0) is 35.6 Å². The monoisotopic (exact) mass is 654 g/mol. The van der Waals surface area contributed by atoms with Crippen molar-refractivity contribution in [3.63, 3.8) is 0 Å². The van der Waals surface area contributed by atoms with Crippen molar-refractivity contribution < 1.29 is 38.3 Å². The molecule has 2 aliphatic rings. The van der Waals surface area contributed by atoms with Crippen molar-refractivity contribution in [3.8, 4) is 0 Å². The van der Waals surface area contributed by atoms with Crippen molar-refractivity contribution in [1.29, 1.82) is 0 Å². The van der Waals surface area contributed by atoms with E-state index in [0.29, 0.717) is 26.2 Å². The second-order valence-corrected chi connectivity index (χ2v) is 12.4. The molecule has 1 unspecified atom stereocenters. The number of aliphatic hydroxyl groups excluding tert-OH is 1. The lowest BCUT2D eigenvalue weighted by Gasteiger charge is -2.45. The second-order valence-electron chi connectivity index (χ2n) is 12.4. The van der Waals surface area contributed by atoms with Crippen LogP contribution in [-0.2, 0) is 59.6 Å². The summed E-state index contributed by atoms with van der Waals surface area (Å²) in [6.07, 6.45) is -3.12.